The Morgan fingerprint density at radius 3 is 2.44 bits per heavy atom. The van der Waals surface area contributed by atoms with Crippen LogP contribution >= 0.6 is 0 Å². The van der Waals surface area contributed by atoms with Crippen LogP contribution in [0.4, 0.5) is 19.3 Å². The molecule has 3 nitrogen and oxygen atoms in total. The first kappa shape index (κ1) is 20.9. The smallest absolute Gasteiger partial charge is 0.319 e. The van der Waals surface area contributed by atoms with E-state index in [0.717, 1.165) is 30.9 Å². The summed E-state index contributed by atoms with van der Waals surface area (Å²) in [6.07, 6.45) is 6.53. The molecule has 2 aromatic rings. The summed E-state index contributed by atoms with van der Waals surface area (Å²) in [5.41, 5.74) is 1.58. The molecule has 0 bridgehead atoms. The van der Waals surface area contributed by atoms with Crippen molar-refractivity contribution in [1.82, 2.24) is 5.32 Å². The molecule has 0 aliphatic rings. The van der Waals surface area contributed by atoms with Crippen molar-refractivity contribution in [1.29, 1.82) is 0 Å². The first-order valence-corrected chi connectivity index (χ1v) is 9.67. The van der Waals surface area contributed by atoms with E-state index in [0.29, 0.717) is 24.9 Å². The highest BCUT2D eigenvalue weighted by Gasteiger charge is 2.14. The van der Waals surface area contributed by atoms with Gasteiger partial charge in [0, 0.05) is 12.6 Å². The van der Waals surface area contributed by atoms with Gasteiger partial charge in [-0.05, 0) is 36.5 Å². The normalized spacial score (nSPS) is 10.6. The van der Waals surface area contributed by atoms with Crippen molar-refractivity contribution in [2.45, 2.75) is 51.9 Å². The third-order valence-corrected chi connectivity index (χ3v) is 4.47. The van der Waals surface area contributed by atoms with Gasteiger partial charge in [0.15, 0.2) is 0 Å². The number of urea groups is 1. The van der Waals surface area contributed by atoms with Crippen LogP contribution in [0.15, 0.2) is 42.5 Å². The van der Waals surface area contributed by atoms with Crippen molar-refractivity contribution in [3.05, 3.63) is 65.2 Å². The lowest BCUT2D eigenvalue weighted by atomic mass is 10.0. The van der Waals surface area contributed by atoms with E-state index in [1.807, 2.05) is 30.3 Å². The van der Waals surface area contributed by atoms with Crippen LogP contribution < -0.4 is 10.6 Å². The Morgan fingerprint density at radius 2 is 1.70 bits per heavy atom. The lowest BCUT2D eigenvalue weighted by Gasteiger charge is -2.13. The van der Waals surface area contributed by atoms with Crippen molar-refractivity contribution >= 4 is 11.7 Å². The van der Waals surface area contributed by atoms with Crippen LogP contribution in [0.2, 0.25) is 0 Å². The lowest BCUT2D eigenvalue weighted by molar-refractivity contribution is 0.251. The average molecular weight is 374 g/mol. The number of hydrogen-bond acceptors (Lipinski definition) is 1. The molecule has 27 heavy (non-hydrogen) atoms. The van der Waals surface area contributed by atoms with Gasteiger partial charge in [-0.3, -0.25) is 0 Å². The number of anilines is 1. The summed E-state index contributed by atoms with van der Waals surface area (Å²) in [7, 11) is 0. The van der Waals surface area contributed by atoms with Gasteiger partial charge < -0.3 is 10.6 Å². The van der Waals surface area contributed by atoms with Crippen molar-refractivity contribution in [2.75, 3.05) is 11.9 Å². The van der Waals surface area contributed by atoms with Gasteiger partial charge in [-0.1, -0.05) is 62.9 Å². The third-order valence-electron chi connectivity index (χ3n) is 4.47. The van der Waals surface area contributed by atoms with Gasteiger partial charge in [-0.15, -0.1) is 0 Å². The first-order valence-electron chi connectivity index (χ1n) is 9.67. The van der Waals surface area contributed by atoms with Crippen LogP contribution in [-0.2, 0) is 12.8 Å². The maximum Gasteiger partial charge on any atom is 0.319 e. The molecule has 0 heterocycles. The minimum absolute atomic E-state index is 0.0517. The van der Waals surface area contributed by atoms with Gasteiger partial charge in [-0.2, -0.15) is 0 Å². The third kappa shape index (κ3) is 7.37. The second-order valence-corrected chi connectivity index (χ2v) is 6.70. The molecule has 2 N–H and O–H groups in total. The number of halogens is 2. The van der Waals surface area contributed by atoms with Crippen LogP contribution in [-0.4, -0.2) is 12.6 Å². The number of aryl methyl sites for hydroxylation is 2. The molecule has 0 atom stereocenters. The molecule has 0 aliphatic heterocycles. The van der Waals surface area contributed by atoms with Crippen molar-refractivity contribution in [3.63, 3.8) is 0 Å². The van der Waals surface area contributed by atoms with E-state index in [1.54, 1.807) is 0 Å². The van der Waals surface area contributed by atoms with Gasteiger partial charge in [-0.25, -0.2) is 13.6 Å². The zero-order valence-electron chi connectivity index (χ0n) is 15.9. The van der Waals surface area contributed by atoms with E-state index in [2.05, 4.69) is 17.6 Å². The SMILES string of the molecule is CCCCCCCNC(=O)Nc1c(F)cc(F)cc1CCc1ccccc1. The summed E-state index contributed by atoms with van der Waals surface area (Å²) in [5, 5.41) is 5.29. The number of unbranched alkanes of at least 4 members (excludes halogenated alkanes) is 4. The number of benzene rings is 2. The molecule has 0 unspecified atom stereocenters. The van der Waals surface area contributed by atoms with E-state index in [-0.39, 0.29) is 5.69 Å². The maximum absolute atomic E-state index is 14.2. The molecule has 2 aromatic carbocycles. The maximum atomic E-state index is 14.2. The molecule has 0 radical (unpaired) electrons. The van der Waals surface area contributed by atoms with E-state index >= 15 is 0 Å². The zero-order valence-corrected chi connectivity index (χ0v) is 15.9. The highest BCUT2D eigenvalue weighted by molar-refractivity contribution is 5.90. The van der Waals surface area contributed by atoms with Gasteiger partial charge in [0.25, 0.3) is 0 Å². The molecule has 2 amide bonds. The highest BCUT2D eigenvalue weighted by atomic mass is 19.1. The predicted molar refractivity (Wildman–Crippen MR) is 106 cm³/mol. The monoisotopic (exact) mass is 374 g/mol. The lowest BCUT2D eigenvalue weighted by Crippen LogP contribution is -2.30. The van der Waals surface area contributed by atoms with E-state index < -0.39 is 17.7 Å². The quantitative estimate of drug-likeness (QED) is 0.504. The Bertz CT molecular complexity index is 720. The Morgan fingerprint density at radius 1 is 0.963 bits per heavy atom. The second-order valence-electron chi connectivity index (χ2n) is 6.70. The number of nitrogens with one attached hydrogen (secondary N) is 2. The summed E-state index contributed by atoms with van der Waals surface area (Å²) in [4.78, 5) is 12.1. The Balaban J connectivity index is 1.93. The molecule has 0 saturated heterocycles. The Labute approximate surface area is 160 Å². The minimum Gasteiger partial charge on any atom is -0.338 e. The molecule has 0 saturated carbocycles. The fraction of sp³-hybridized carbons (Fsp3) is 0.409. The Kier molecular flexibility index (Phi) is 8.75. The molecular formula is C22H28F2N2O. The van der Waals surface area contributed by atoms with Crippen LogP contribution in [0.25, 0.3) is 0 Å². The summed E-state index contributed by atoms with van der Waals surface area (Å²) in [6, 6.07) is 11.3. The number of hydrogen-bond donors (Lipinski definition) is 2. The van der Waals surface area contributed by atoms with E-state index in [9.17, 15) is 13.6 Å². The number of amides is 2. The molecule has 5 heteroatoms. The van der Waals surface area contributed by atoms with Crippen molar-refractivity contribution in [3.8, 4) is 0 Å². The predicted octanol–water partition coefficient (Wildman–Crippen LogP) is 5.84. The van der Waals surface area contributed by atoms with Crippen LogP contribution in [0.5, 0.6) is 0 Å². The van der Waals surface area contributed by atoms with Crippen LogP contribution in [0.3, 0.4) is 0 Å². The molecular weight excluding hydrogens is 346 g/mol. The molecule has 0 aliphatic carbocycles. The average Bonchev–Trinajstić information content (AvgIpc) is 2.66. The molecule has 0 fully saturated rings. The second kappa shape index (κ2) is 11.3. The van der Waals surface area contributed by atoms with Gasteiger partial charge in [0.1, 0.15) is 11.6 Å². The van der Waals surface area contributed by atoms with E-state index in [1.165, 1.54) is 18.9 Å². The van der Waals surface area contributed by atoms with Crippen molar-refractivity contribution < 1.29 is 13.6 Å². The first-order chi connectivity index (χ1) is 13.1. The van der Waals surface area contributed by atoms with Gasteiger partial charge in [0.2, 0.25) is 0 Å². The summed E-state index contributed by atoms with van der Waals surface area (Å²) >= 11 is 0. The van der Waals surface area contributed by atoms with E-state index in [4.69, 9.17) is 0 Å². The summed E-state index contributed by atoms with van der Waals surface area (Å²) in [5.74, 6) is -1.39. The molecule has 146 valence electrons. The summed E-state index contributed by atoms with van der Waals surface area (Å²) in [6.45, 7) is 2.69. The minimum atomic E-state index is -0.754. The highest BCUT2D eigenvalue weighted by Crippen LogP contribution is 2.23. The van der Waals surface area contributed by atoms with Gasteiger partial charge in [0.05, 0.1) is 5.69 Å². The standard InChI is InChI=1S/C22H28F2N2O/c1-2-3-4-5-9-14-25-22(27)26-21-18(15-19(23)16-20(21)24)13-12-17-10-7-6-8-11-17/h6-8,10-11,15-16H,2-5,9,12-14H2,1H3,(H2,25,26,27). The molecule has 0 aromatic heterocycles. The Hall–Kier alpha value is -2.43. The zero-order chi connectivity index (χ0) is 19.5. The van der Waals surface area contributed by atoms with Gasteiger partial charge >= 0.3 is 6.03 Å². The fourth-order valence-corrected chi connectivity index (χ4v) is 2.98. The largest absolute Gasteiger partial charge is 0.338 e. The fourth-order valence-electron chi connectivity index (χ4n) is 2.98. The summed E-state index contributed by atoms with van der Waals surface area (Å²) < 4.78 is 27.9. The molecule has 0 spiro atoms. The van der Waals surface area contributed by atoms with Crippen molar-refractivity contribution in [2.24, 2.45) is 0 Å². The number of carbonyl (C=O) groups is 1. The molecule has 2 rings (SSSR count). The number of carbonyl (C=O) groups excluding carboxylic acids is 1. The van der Waals surface area contributed by atoms with Crippen LogP contribution in [0, 0.1) is 11.6 Å². The van der Waals surface area contributed by atoms with Crippen LogP contribution in [0.1, 0.15) is 50.2 Å². The topological polar surface area (TPSA) is 41.1 Å². The number of rotatable bonds is 10.